The first-order valence-electron chi connectivity index (χ1n) is 6.35. The molecule has 1 aromatic heterocycles. The van der Waals surface area contributed by atoms with Gasteiger partial charge in [-0.15, -0.1) is 11.8 Å². The number of hydrogen-bond donors (Lipinski definition) is 1. The van der Waals surface area contributed by atoms with Crippen molar-refractivity contribution in [2.45, 2.75) is 24.8 Å². The van der Waals surface area contributed by atoms with Gasteiger partial charge in [0.15, 0.2) is 0 Å². The maximum Gasteiger partial charge on any atom is 0.0961 e. The van der Waals surface area contributed by atoms with Crippen LogP contribution in [-0.4, -0.2) is 37.0 Å². The number of halogens is 1. The Balaban J connectivity index is 1.91. The van der Waals surface area contributed by atoms with E-state index >= 15 is 0 Å². The van der Waals surface area contributed by atoms with E-state index in [1.807, 2.05) is 12.1 Å². The number of unbranched alkanes of at least 4 members (excludes halogenated alkanes) is 1. The number of nitrogens with one attached hydrogen (secondary N) is 1. The Labute approximate surface area is 119 Å². The van der Waals surface area contributed by atoms with Gasteiger partial charge in [-0.05, 0) is 18.6 Å². The predicted molar refractivity (Wildman–Crippen MR) is 78.6 cm³/mol. The Morgan fingerprint density at radius 2 is 2.22 bits per heavy atom. The molecule has 1 aromatic rings. The minimum atomic E-state index is 0.682. The van der Waals surface area contributed by atoms with Crippen molar-refractivity contribution in [1.29, 1.82) is 0 Å². The molecule has 0 fully saturated rings. The number of nitrogens with zero attached hydrogens (tertiary/aromatic N) is 1. The van der Waals surface area contributed by atoms with Crippen LogP contribution < -0.4 is 5.32 Å². The van der Waals surface area contributed by atoms with Gasteiger partial charge in [0.2, 0.25) is 0 Å². The largest absolute Gasteiger partial charge is 0.380 e. The van der Waals surface area contributed by atoms with Gasteiger partial charge in [-0.1, -0.05) is 24.9 Å². The fraction of sp³-hybridized carbons (Fsp3) is 0.615. The van der Waals surface area contributed by atoms with Gasteiger partial charge in [-0.3, -0.25) is 0 Å². The summed E-state index contributed by atoms with van der Waals surface area (Å²) in [5.41, 5.74) is 0. The monoisotopic (exact) mass is 288 g/mol. The van der Waals surface area contributed by atoms with E-state index in [0.29, 0.717) is 5.02 Å². The van der Waals surface area contributed by atoms with Gasteiger partial charge in [0.05, 0.1) is 16.7 Å². The highest BCUT2D eigenvalue weighted by molar-refractivity contribution is 7.99. The van der Waals surface area contributed by atoms with Gasteiger partial charge in [0, 0.05) is 31.6 Å². The number of rotatable bonds is 10. The summed E-state index contributed by atoms with van der Waals surface area (Å²) in [6.45, 7) is 5.72. The Bertz CT molecular complexity index is 308. The number of thioether (sulfide) groups is 1. The minimum Gasteiger partial charge on any atom is -0.380 e. The molecule has 1 heterocycles. The van der Waals surface area contributed by atoms with E-state index in [-0.39, 0.29) is 0 Å². The molecule has 0 bridgehead atoms. The SMILES string of the molecule is CCCCOCCNCCSc1ccc(Cl)cn1. The highest BCUT2D eigenvalue weighted by atomic mass is 35.5. The van der Waals surface area contributed by atoms with Gasteiger partial charge in [0.1, 0.15) is 0 Å². The molecule has 0 spiro atoms. The average Bonchev–Trinajstić information content (AvgIpc) is 2.39. The molecule has 0 aromatic carbocycles. The second kappa shape index (κ2) is 10.6. The Morgan fingerprint density at radius 3 is 2.94 bits per heavy atom. The molecule has 0 atom stereocenters. The van der Waals surface area contributed by atoms with Crippen LogP contribution in [0.1, 0.15) is 19.8 Å². The topological polar surface area (TPSA) is 34.1 Å². The zero-order valence-electron chi connectivity index (χ0n) is 10.8. The van der Waals surface area contributed by atoms with Crippen molar-refractivity contribution in [2.75, 3.05) is 32.1 Å². The summed E-state index contributed by atoms with van der Waals surface area (Å²) >= 11 is 7.50. The molecule has 1 N–H and O–H groups in total. The zero-order chi connectivity index (χ0) is 13.1. The fourth-order valence-corrected chi connectivity index (χ4v) is 2.15. The molecule has 102 valence electrons. The molecule has 0 amide bonds. The van der Waals surface area contributed by atoms with Gasteiger partial charge in [-0.25, -0.2) is 4.98 Å². The van der Waals surface area contributed by atoms with Crippen LogP contribution in [0.15, 0.2) is 23.4 Å². The Morgan fingerprint density at radius 1 is 1.33 bits per heavy atom. The molecule has 0 saturated heterocycles. The second-order valence-electron chi connectivity index (χ2n) is 3.88. The Kier molecular flexibility index (Phi) is 9.30. The lowest BCUT2D eigenvalue weighted by atomic mass is 10.4. The minimum absolute atomic E-state index is 0.682. The summed E-state index contributed by atoms with van der Waals surface area (Å²) in [6.07, 6.45) is 4.02. The number of ether oxygens (including phenoxy) is 1. The molecule has 0 radical (unpaired) electrons. The van der Waals surface area contributed by atoms with Gasteiger partial charge in [0.25, 0.3) is 0 Å². The van der Waals surface area contributed by atoms with Crippen LogP contribution in [0.4, 0.5) is 0 Å². The van der Waals surface area contributed by atoms with Gasteiger partial charge in [-0.2, -0.15) is 0 Å². The van der Waals surface area contributed by atoms with E-state index in [9.17, 15) is 0 Å². The molecule has 18 heavy (non-hydrogen) atoms. The molecule has 0 aliphatic rings. The highest BCUT2D eigenvalue weighted by Crippen LogP contribution is 2.16. The highest BCUT2D eigenvalue weighted by Gasteiger charge is 1.95. The first-order chi connectivity index (χ1) is 8.83. The van der Waals surface area contributed by atoms with E-state index in [1.165, 1.54) is 6.42 Å². The predicted octanol–water partition coefficient (Wildman–Crippen LogP) is 3.23. The van der Waals surface area contributed by atoms with Crippen molar-refractivity contribution in [3.05, 3.63) is 23.4 Å². The standard InChI is InChI=1S/C13H21ClN2OS/c1-2-3-8-17-9-6-15-7-10-18-13-5-4-12(14)11-16-13/h4-5,11,15H,2-3,6-10H2,1H3. The van der Waals surface area contributed by atoms with E-state index in [1.54, 1.807) is 18.0 Å². The van der Waals surface area contributed by atoms with E-state index < -0.39 is 0 Å². The smallest absolute Gasteiger partial charge is 0.0961 e. The second-order valence-corrected chi connectivity index (χ2v) is 5.43. The molecular weight excluding hydrogens is 268 g/mol. The Hall–Kier alpha value is -0.290. The lowest BCUT2D eigenvalue weighted by molar-refractivity contribution is 0.133. The third-order valence-corrected chi connectivity index (χ3v) is 3.46. The van der Waals surface area contributed by atoms with Crippen LogP contribution in [-0.2, 0) is 4.74 Å². The molecule has 0 aliphatic carbocycles. The average molecular weight is 289 g/mol. The molecule has 5 heteroatoms. The third kappa shape index (κ3) is 7.93. The number of aromatic nitrogens is 1. The molecular formula is C13H21ClN2OS. The van der Waals surface area contributed by atoms with Crippen molar-refractivity contribution in [1.82, 2.24) is 10.3 Å². The summed E-state index contributed by atoms with van der Waals surface area (Å²) in [5, 5.41) is 5.04. The van der Waals surface area contributed by atoms with Crippen LogP contribution >= 0.6 is 23.4 Å². The van der Waals surface area contributed by atoms with Crippen molar-refractivity contribution in [2.24, 2.45) is 0 Å². The van der Waals surface area contributed by atoms with Crippen molar-refractivity contribution in [3.8, 4) is 0 Å². The van der Waals surface area contributed by atoms with Gasteiger partial charge >= 0.3 is 0 Å². The van der Waals surface area contributed by atoms with Crippen LogP contribution in [0.3, 0.4) is 0 Å². The summed E-state index contributed by atoms with van der Waals surface area (Å²) < 4.78 is 5.46. The third-order valence-electron chi connectivity index (χ3n) is 2.29. The first-order valence-corrected chi connectivity index (χ1v) is 7.72. The maximum atomic E-state index is 5.77. The number of pyridine rings is 1. The molecule has 0 aliphatic heterocycles. The summed E-state index contributed by atoms with van der Waals surface area (Å²) in [7, 11) is 0. The maximum absolute atomic E-state index is 5.77. The van der Waals surface area contributed by atoms with E-state index in [2.05, 4.69) is 17.2 Å². The van der Waals surface area contributed by atoms with E-state index in [4.69, 9.17) is 16.3 Å². The first kappa shape index (κ1) is 15.8. The summed E-state index contributed by atoms with van der Waals surface area (Å²) in [4.78, 5) is 4.22. The quantitative estimate of drug-likeness (QED) is 0.529. The summed E-state index contributed by atoms with van der Waals surface area (Å²) in [6, 6.07) is 3.81. The molecule has 0 saturated carbocycles. The van der Waals surface area contributed by atoms with Crippen LogP contribution in [0.5, 0.6) is 0 Å². The van der Waals surface area contributed by atoms with Crippen molar-refractivity contribution >= 4 is 23.4 Å². The van der Waals surface area contributed by atoms with Crippen molar-refractivity contribution < 1.29 is 4.74 Å². The normalized spacial score (nSPS) is 10.8. The van der Waals surface area contributed by atoms with E-state index in [0.717, 1.165) is 43.5 Å². The van der Waals surface area contributed by atoms with Crippen LogP contribution in [0.2, 0.25) is 5.02 Å². The lowest BCUT2D eigenvalue weighted by Crippen LogP contribution is -2.22. The number of hydrogen-bond acceptors (Lipinski definition) is 4. The van der Waals surface area contributed by atoms with Gasteiger partial charge < -0.3 is 10.1 Å². The van der Waals surface area contributed by atoms with Crippen LogP contribution in [0.25, 0.3) is 0 Å². The van der Waals surface area contributed by atoms with Crippen LogP contribution in [0, 0.1) is 0 Å². The molecule has 3 nitrogen and oxygen atoms in total. The molecule has 0 unspecified atom stereocenters. The molecule has 1 rings (SSSR count). The van der Waals surface area contributed by atoms with Crippen molar-refractivity contribution in [3.63, 3.8) is 0 Å². The summed E-state index contributed by atoms with van der Waals surface area (Å²) in [5.74, 6) is 1.00. The fourth-order valence-electron chi connectivity index (χ4n) is 1.29. The zero-order valence-corrected chi connectivity index (χ0v) is 12.4. The lowest BCUT2D eigenvalue weighted by Gasteiger charge is -2.05.